The highest BCUT2D eigenvalue weighted by Crippen LogP contribution is 2.33. The Morgan fingerprint density at radius 2 is 1.78 bits per heavy atom. The predicted octanol–water partition coefficient (Wildman–Crippen LogP) is 2.80. The topological polar surface area (TPSA) is 55.1 Å². The van der Waals surface area contributed by atoms with E-state index in [1.165, 1.54) is 0 Å². The normalized spacial score (nSPS) is 10.1. The van der Waals surface area contributed by atoms with Crippen molar-refractivity contribution in [3.8, 4) is 11.1 Å². The molecule has 0 aliphatic carbocycles. The number of nitrogens with two attached hydrogens (primary N) is 1. The van der Waals surface area contributed by atoms with Crippen LogP contribution in [-0.4, -0.2) is 13.0 Å². The number of benzene rings is 2. The van der Waals surface area contributed by atoms with Crippen LogP contribution in [0.1, 0.15) is 15.9 Å². The number of carbonyl (C=O) groups is 1. The van der Waals surface area contributed by atoms with Gasteiger partial charge < -0.3 is 11.1 Å². The van der Waals surface area contributed by atoms with Crippen LogP contribution in [0.5, 0.6) is 0 Å². The summed E-state index contributed by atoms with van der Waals surface area (Å²) in [7, 11) is 1.80. The average molecular weight is 240 g/mol. The fraction of sp³-hybridized carbons (Fsp3) is 0.133. The highest BCUT2D eigenvalue weighted by atomic mass is 16.1. The first-order valence-electron chi connectivity index (χ1n) is 5.81. The van der Waals surface area contributed by atoms with Crippen LogP contribution in [0.4, 0.5) is 5.69 Å². The number of carbonyl (C=O) groups excluding carboxylic acids is 1. The van der Waals surface area contributed by atoms with Gasteiger partial charge in [-0.3, -0.25) is 4.79 Å². The summed E-state index contributed by atoms with van der Waals surface area (Å²) in [6, 6.07) is 13.6. The van der Waals surface area contributed by atoms with Gasteiger partial charge in [0.25, 0.3) is 5.91 Å². The summed E-state index contributed by atoms with van der Waals surface area (Å²) >= 11 is 0. The van der Waals surface area contributed by atoms with E-state index >= 15 is 0 Å². The second-order valence-electron chi connectivity index (χ2n) is 4.16. The minimum Gasteiger partial charge on any atom is -0.387 e. The Hall–Kier alpha value is -2.29. The smallest absolute Gasteiger partial charge is 0.250 e. The number of primary amides is 1. The van der Waals surface area contributed by atoms with Crippen LogP contribution in [0.15, 0.2) is 42.5 Å². The van der Waals surface area contributed by atoms with Crippen molar-refractivity contribution in [1.29, 1.82) is 0 Å². The summed E-state index contributed by atoms with van der Waals surface area (Å²) in [6.45, 7) is 2.02. The van der Waals surface area contributed by atoms with Crippen molar-refractivity contribution in [3.05, 3.63) is 53.6 Å². The summed E-state index contributed by atoms with van der Waals surface area (Å²) in [4.78, 5) is 11.5. The molecule has 92 valence electrons. The number of aryl methyl sites for hydroxylation is 1. The van der Waals surface area contributed by atoms with E-state index in [-0.39, 0.29) is 0 Å². The molecule has 0 bridgehead atoms. The van der Waals surface area contributed by atoms with Crippen molar-refractivity contribution < 1.29 is 4.79 Å². The maximum absolute atomic E-state index is 11.5. The first kappa shape index (κ1) is 12.2. The van der Waals surface area contributed by atoms with Crippen molar-refractivity contribution in [3.63, 3.8) is 0 Å². The third-order valence-electron chi connectivity index (χ3n) is 2.99. The molecular weight excluding hydrogens is 224 g/mol. The summed E-state index contributed by atoms with van der Waals surface area (Å²) in [5, 5.41) is 3.08. The van der Waals surface area contributed by atoms with Crippen LogP contribution >= 0.6 is 0 Å². The van der Waals surface area contributed by atoms with Gasteiger partial charge in [0, 0.05) is 12.6 Å². The highest BCUT2D eigenvalue weighted by Gasteiger charge is 2.14. The van der Waals surface area contributed by atoms with E-state index in [4.69, 9.17) is 5.73 Å². The standard InChI is InChI=1S/C15H16N2O/c1-10-8-9-12(15(16)18)14(17-2)13(10)11-6-4-3-5-7-11/h3-9,17H,1-2H3,(H2,16,18). The molecule has 0 aromatic heterocycles. The van der Waals surface area contributed by atoms with Gasteiger partial charge in [0.2, 0.25) is 0 Å². The van der Waals surface area contributed by atoms with E-state index < -0.39 is 5.91 Å². The van der Waals surface area contributed by atoms with Gasteiger partial charge in [-0.05, 0) is 24.1 Å². The van der Waals surface area contributed by atoms with Crippen LogP contribution in [0.2, 0.25) is 0 Å². The lowest BCUT2D eigenvalue weighted by molar-refractivity contribution is 0.100. The first-order chi connectivity index (χ1) is 8.65. The molecule has 0 radical (unpaired) electrons. The monoisotopic (exact) mass is 240 g/mol. The number of anilines is 1. The van der Waals surface area contributed by atoms with Gasteiger partial charge in [0.1, 0.15) is 0 Å². The molecular formula is C15H16N2O. The zero-order valence-electron chi connectivity index (χ0n) is 10.5. The lowest BCUT2D eigenvalue weighted by atomic mass is 9.95. The Kier molecular flexibility index (Phi) is 3.33. The van der Waals surface area contributed by atoms with Gasteiger partial charge in [-0.15, -0.1) is 0 Å². The van der Waals surface area contributed by atoms with Crippen molar-refractivity contribution >= 4 is 11.6 Å². The quantitative estimate of drug-likeness (QED) is 0.866. The maximum atomic E-state index is 11.5. The van der Waals surface area contributed by atoms with E-state index in [9.17, 15) is 4.79 Å². The fourth-order valence-corrected chi connectivity index (χ4v) is 2.15. The summed E-state index contributed by atoms with van der Waals surface area (Å²) in [6.07, 6.45) is 0. The van der Waals surface area contributed by atoms with Gasteiger partial charge in [-0.25, -0.2) is 0 Å². The molecule has 1 amide bonds. The molecule has 3 N–H and O–H groups in total. The highest BCUT2D eigenvalue weighted by molar-refractivity contribution is 6.03. The van der Waals surface area contributed by atoms with Crippen LogP contribution in [0, 0.1) is 6.92 Å². The number of amides is 1. The predicted molar refractivity (Wildman–Crippen MR) is 74.7 cm³/mol. The van der Waals surface area contributed by atoms with Crippen molar-refractivity contribution in [2.24, 2.45) is 5.73 Å². The minimum atomic E-state index is -0.420. The van der Waals surface area contributed by atoms with E-state index in [1.807, 2.05) is 43.3 Å². The number of rotatable bonds is 3. The molecule has 18 heavy (non-hydrogen) atoms. The fourth-order valence-electron chi connectivity index (χ4n) is 2.15. The second kappa shape index (κ2) is 4.92. The average Bonchev–Trinajstić information content (AvgIpc) is 2.38. The Morgan fingerprint density at radius 1 is 1.11 bits per heavy atom. The molecule has 0 aliphatic rings. The van der Waals surface area contributed by atoms with E-state index in [1.54, 1.807) is 13.1 Å². The Bertz CT molecular complexity index is 577. The molecule has 0 aliphatic heterocycles. The molecule has 0 atom stereocenters. The molecule has 0 unspecified atom stereocenters. The number of hydrogen-bond donors (Lipinski definition) is 2. The van der Waals surface area contributed by atoms with Gasteiger partial charge >= 0.3 is 0 Å². The molecule has 0 fully saturated rings. The minimum absolute atomic E-state index is 0.420. The molecule has 0 saturated heterocycles. The van der Waals surface area contributed by atoms with Crippen LogP contribution in [0.3, 0.4) is 0 Å². The van der Waals surface area contributed by atoms with E-state index in [2.05, 4.69) is 5.32 Å². The maximum Gasteiger partial charge on any atom is 0.250 e. The van der Waals surface area contributed by atoms with Gasteiger partial charge in [-0.1, -0.05) is 36.4 Å². The largest absolute Gasteiger partial charge is 0.387 e. The third-order valence-corrected chi connectivity index (χ3v) is 2.99. The number of nitrogens with one attached hydrogen (secondary N) is 1. The van der Waals surface area contributed by atoms with Crippen LogP contribution < -0.4 is 11.1 Å². The molecule has 2 aromatic rings. The van der Waals surface area contributed by atoms with Crippen LogP contribution in [-0.2, 0) is 0 Å². The molecule has 3 heteroatoms. The zero-order valence-corrected chi connectivity index (χ0v) is 10.5. The number of hydrogen-bond acceptors (Lipinski definition) is 2. The Labute approximate surface area is 107 Å². The van der Waals surface area contributed by atoms with Crippen molar-refractivity contribution in [2.45, 2.75) is 6.92 Å². The van der Waals surface area contributed by atoms with E-state index in [0.717, 1.165) is 22.4 Å². The van der Waals surface area contributed by atoms with Crippen molar-refractivity contribution in [1.82, 2.24) is 0 Å². The van der Waals surface area contributed by atoms with Crippen molar-refractivity contribution in [2.75, 3.05) is 12.4 Å². The second-order valence-corrected chi connectivity index (χ2v) is 4.16. The SMILES string of the molecule is CNc1c(C(N)=O)ccc(C)c1-c1ccccc1. The summed E-state index contributed by atoms with van der Waals surface area (Å²) in [5.41, 5.74) is 9.91. The third kappa shape index (κ3) is 2.07. The van der Waals surface area contributed by atoms with Gasteiger partial charge in [-0.2, -0.15) is 0 Å². The molecule has 0 saturated carbocycles. The zero-order chi connectivity index (χ0) is 13.1. The molecule has 2 aromatic carbocycles. The molecule has 0 spiro atoms. The Morgan fingerprint density at radius 3 is 2.33 bits per heavy atom. The first-order valence-corrected chi connectivity index (χ1v) is 5.81. The molecule has 2 rings (SSSR count). The molecule has 3 nitrogen and oxygen atoms in total. The lowest BCUT2D eigenvalue weighted by Crippen LogP contribution is -2.14. The lowest BCUT2D eigenvalue weighted by Gasteiger charge is -2.15. The van der Waals surface area contributed by atoms with Crippen LogP contribution in [0.25, 0.3) is 11.1 Å². The van der Waals surface area contributed by atoms with E-state index in [0.29, 0.717) is 5.56 Å². The summed E-state index contributed by atoms with van der Waals surface area (Å²) in [5.74, 6) is -0.420. The summed E-state index contributed by atoms with van der Waals surface area (Å²) < 4.78 is 0. The van der Waals surface area contributed by atoms with Gasteiger partial charge in [0.05, 0.1) is 11.3 Å². The molecule has 0 heterocycles. The Balaban J connectivity index is 2.73. The van der Waals surface area contributed by atoms with Gasteiger partial charge in [0.15, 0.2) is 0 Å².